The highest BCUT2D eigenvalue weighted by Gasteiger charge is 2.27. The maximum Gasteiger partial charge on any atom is 0.321 e. The van der Waals surface area contributed by atoms with Gasteiger partial charge in [0.1, 0.15) is 0 Å². The van der Waals surface area contributed by atoms with Crippen LogP contribution in [-0.4, -0.2) is 16.2 Å². The molecule has 2 aliphatic carbocycles. The van der Waals surface area contributed by atoms with Crippen molar-refractivity contribution in [3.05, 3.63) is 5.82 Å². The maximum absolute atomic E-state index is 5.27. The van der Waals surface area contributed by atoms with Crippen LogP contribution in [0.1, 0.15) is 70.0 Å². The number of anilines is 1. The van der Waals surface area contributed by atoms with Crippen molar-refractivity contribution in [2.75, 3.05) is 5.32 Å². The van der Waals surface area contributed by atoms with Crippen LogP contribution in [0.5, 0.6) is 0 Å². The summed E-state index contributed by atoms with van der Waals surface area (Å²) in [5.41, 5.74) is 0. The van der Waals surface area contributed by atoms with E-state index in [-0.39, 0.29) is 0 Å². The van der Waals surface area contributed by atoms with Gasteiger partial charge in [0, 0.05) is 12.0 Å². The van der Waals surface area contributed by atoms with Crippen molar-refractivity contribution in [3.63, 3.8) is 0 Å². The Labute approximate surface area is 109 Å². The van der Waals surface area contributed by atoms with E-state index in [0.29, 0.717) is 18.0 Å². The van der Waals surface area contributed by atoms with E-state index in [4.69, 9.17) is 4.52 Å². The van der Waals surface area contributed by atoms with E-state index in [1.165, 1.54) is 51.4 Å². The van der Waals surface area contributed by atoms with Crippen LogP contribution in [0.4, 0.5) is 6.01 Å². The molecule has 0 unspecified atom stereocenters. The van der Waals surface area contributed by atoms with Crippen molar-refractivity contribution in [1.82, 2.24) is 10.1 Å². The molecule has 18 heavy (non-hydrogen) atoms. The fourth-order valence-electron chi connectivity index (χ4n) is 2.98. The number of nitrogens with zero attached hydrogens (tertiary/aromatic N) is 2. The maximum atomic E-state index is 5.27. The smallest absolute Gasteiger partial charge is 0.321 e. The molecule has 2 saturated carbocycles. The van der Waals surface area contributed by atoms with Crippen molar-refractivity contribution in [3.8, 4) is 0 Å². The molecule has 2 fully saturated rings. The van der Waals surface area contributed by atoms with Gasteiger partial charge in [-0.3, -0.25) is 0 Å². The standard InChI is InChI=1S/C14H23N3O/c1-2-3-10-4-6-11(7-5-10)13-16-14(18-17-13)15-12-8-9-12/h10-12H,2-9H2,1H3,(H,15,16,17). The lowest BCUT2D eigenvalue weighted by Crippen LogP contribution is -2.14. The SMILES string of the molecule is CCCC1CCC(c2noc(NC3CC3)n2)CC1. The zero-order chi connectivity index (χ0) is 12.4. The molecule has 4 heteroatoms. The van der Waals surface area contributed by atoms with Crippen LogP contribution in [-0.2, 0) is 0 Å². The highest BCUT2D eigenvalue weighted by Crippen LogP contribution is 2.36. The lowest BCUT2D eigenvalue weighted by atomic mass is 9.80. The van der Waals surface area contributed by atoms with Gasteiger partial charge < -0.3 is 9.84 Å². The molecule has 1 heterocycles. The van der Waals surface area contributed by atoms with Crippen LogP contribution < -0.4 is 5.32 Å². The minimum Gasteiger partial charge on any atom is -0.335 e. The average Bonchev–Trinajstić information content (AvgIpc) is 3.07. The largest absolute Gasteiger partial charge is 0.335 e. The Balaban J connectivity index is 1.53. The number of nitrogens with one attached hydrogen (secondary N) is 1. The lowest BCUT2D eigenvalue weighted by molar-refractivity contribution is 0.296. The number of rotatable bonds is 5. The van der Waals surface area contributed by atoms with Gasteiger partial charge in [-0.2, -0.15) is 4.98 Å². The molecule has 0 spiro atoms. The van der Waals surface area contributed by atoms with Crippen molar-refractivity contribution < 1.29 is 4.52 Å². The molecule has 4 nitrogen and oxygen atoms in total. The lowest BCUT2D eigenvalue weighted by Gasteiger charge is -2.26. The minimum atomic E-state index is 0.525. The highest BCUT2D eigenvalue weighted by atomic mass is 16.5. The molecule has 100 valence electrons. The quantitative estimate of drug-likeness (QED) is 0.864. The summed E-state index contributed by atoms with van der Waals surface area (Å²) < 4.78 is 5.27. The zero-order valence-corrected chi connectivity index (χ0v) is 11.2. The molecular formula is C14H23N3O. The van der Waals surface area contributed by atoms with Gasteiger partial charge in [0.25, 0.3) is 0 Å². The summed E-state index contributed by atoms with van der Waals surface area (Å²) in [7, 11) is 0. The second-order valence-electron chi connectivity index (χ2n) is 5.88. The van der Waals surface area contributed by atoms with Crippen LogP contribution in [0.2, 0.25) is 0 Å². The van der Waals surface area contributed by atoms with E-state index in [2.05, 4.69) is 22.4 Å². The zero-order valence-electron chi connectivity index (χ0n) is 11.2. The summed E-state index contributed by atoms with van der Waals surface area (Å²) in [6.45, 7) is 2.28. The Kier molecular flexibility index (Phi) is 3.52. The first-order valence-electron chi connectivity index (χ1n) is 7.45. The van der Waals surface area contributed by atoms with Crippen LogP contribution in [0.15, 0.2) is 4.52 Å². The van der Waals surface area contributed by atoms with Crippen LogP contribution in [0.25, 0.3) is 0 Å². The van der Waals surface area contributed by atoms with Crippen molar-refractivity contribution in [1.29, 1.82) is 0 Å². The summed E-state index contributed by atoms with van der Waals surface area (Å²) in [6, 6.07) is 1.21. The van der Waals surface area contributed by atoms with Gasteiger partial charge in [0.05, 0.1) is 0 Å². The molecule has 0 atom stereocenters. The van der Waals surface area contributed by atoms with Crippen molar-refractivity contribution >= 4 is 6.01 Å². The van der Waals surface area contributed by atoms with Gasteiger partial charge >= 0.3 is 6.01 Å². The van der Waals surface area contributed by atoms with Crippen LogP contribution >= 0.6 is 0 Å². The fraction of sp³-hybridized carbons (Fsp3) is 0.857. The third-order valence-corrected chi connectivity index (χ3v) is 4.26. The van der Waals surface area contributed by atoms with Gasteiger partial charge in [0.2, 0.25) is 0 Å². The van der Waals surface area contributed by atoms with E-state index < -0.39 is 0 Å². The van der Waals surface area contributed by atoms with E-state index >= 15 is 0 Å². The van der Waals surface area contributed by atoms with Gasteiger partial charge in [-0.05, 0) is 44.4 Å². The number of hydrogen-bond acceptors (Lipinski definition) is 4. The summed E-state index contributed by atoms with van der Waals surface area (Å²) in [5.74, 6) is 2.38. The second kappa shape index (κ2) is 5.29. The molecule has 0 aliphatic heterocycles. The number of aromatic nitrogens is 2. The Morgan fingerprint density at radius 2 is 1.94 bits per heavy atom. The number of hydrogen-bond donors (Lipinski definition) is 1. The predicted molar refractivity (Wildman–Crippen MR) is 70.5 cm³/mol. The molecule has 2 aliphatic rings. The van der Waals surface area contributed by atoms with Crippen LogP contribution in [0.3, 0.4) is 0 Å². The highest BCUT2D eigenvalue weighted by molar-refractivity contribution is 5.24. The van der Waals surface area contributed by atoms with Gasteiger partial charge in [-0.1, -0.05) is 24.9 Å². The van der Waals surface area contributed by atoms with Gasteiger partial charge in [-0.15, -0.1) is 0 Å². The summed E-state index contributed by atoms with van der Waals surface area (Å²) in [4.78, 5) is 4.50. The topological polar surface area (TPSA) is 51.0 Å². The molecule has 1 N–H and O–H groups in total. The Bertz CT molecular complexity index is 378. The normalized spacial score (nSPS) is 28.3. The summed E-state index contributed by atoms with van der Waals surface area (Å²) in [6.07, 6.45) is 10.3. The first-order chi connectivity index (χ1) is 8.85. The molecule has 1 aromatic heterocycles. The predicted octanol–water partition coefficient (Wildman–Crippen LogP) is 3.72. The third kappa shape index (κ3) is 2.85. The van der Waals surface area contributed by atoms with E-state index in [1.54, 1.807) is 0 Å². The Hall–Kier alpha value is -1.06. The van der Waals surface area contributed by atoms with E-state index in [9.17, 15) is 0 Å². The van der Waals surface area contributed by atoms with E-state index in [1.807, 2.05) is 0 Å². The monoisotopic (exact) mass is 249 g/mol. The first kappa shape index (κ1) is 12.0. The molecular weight excluding hydrogens is 226 g/mol. The summed E-state index contributed by atoms with van der Waals surface area (Å²) >= 11 is 0. The molecule has 1 aromatic rings. The Morgan fingerprint density at radius 3 is 2.61 bits per heavy atom. The molecule has 0 radical (unpaired) electrons. The third-order valence-electron chi connectivity index (χ3n) is 4.26. The minimum absolute atomic E-state index is 0.525. The molecule has 0 bridgehead atoms. The van der Waals surface area contributed by atoms with Crippen molar-refractivity contribution in [2.45, 2.75) is 70.3 Å². The van der Waals surface area contributed by atoms with Gasteiger partial charge in [0.15, 0.2) is 5.82 Å². The molecule has 0 amide bonds. The first-order valence-corrected chi connectivity index (χ1v) is 7.45. The van der Waals surface area contributed by atoms with Crippen molar-refractivity contribution in [2.24, 2.45) is 5.92 Å². The second-order valence-corrected chi connectivity index (χ2v) is 5.88. The Morgan fingerprint density at radius 1 is 1.17 bits per heavy atom. The molecule has 0 aromatic carbocycles. The van der Waals surface area contributed by atoms with E-state index in [0.717, 1.165) is 11.7 Å². The van der Waals surface area contributed by atoms with Gasteiger partial charge in [-0.25, -0.2) is 0 Å². The van der Waals surface area contributed by atoms with Crippen LogP contribution in [0, 0.1) is 5.92 Å². The molecule has 3 rings (SSSR count). The summed E-state index contributed by atoms with van der Waals surface area (Å²) in [5, 5.41) is 7.41. The molecule has 0 saturated heterocycles. The average molecular weight is 249 g/mol. The fourth-order valence-corrected chi connectivity index (χ4v) is 2.98.